The first-order valence-corrected chi connectivity index (χ1v) is 11.1. The maximum Gasteiger partial charge on any atom is 0.293 e. The maximum atomic E-state index is 13.1. The first-order chi connectivity index (χ1) is 16.0. The summed E-state index contributed by atoms with van der Waals surface area (Å²) in [6.07, 6.45) is 2.22. The van der Waals surface area contributed by atoms with Gasteiger partial charge in [-0.1, -0.05) is 30.3 Å². The summed E-state index contributed by atoms with van der Waals surface area (Å²) in [7, 11) is 0. The molecule has 0 radical (unpaired) electrons. The van der Waals surface area contributed by atoms with Crippen molar-refractivity contribution in [3.8, 4) is 11.4 Å². The molecule has 2 heterocycles. The molecule has 166 valence electrons. The molecule has 5 rings (SSSR count). The second-order valence-corrected chi connectivity index (χ2v) is 8.45. The number of fused-ring (bicyclic) bond motifs is 1. The highest BCUT2D eigenvalue weighted by Gasteiger charge is 2.24. The number of aromatic nitrogens is 2. The molecule has 0 saturated carbocycles. The average Bonchev–Trinajstić information content (AvgIpc) is 3.50. The molecule has 1 fully saturated rings. The summed E-state index contributed by atoms with van der Waals surface area (Å²) in [5, 5.41) is 11.7. The van der Waals surface area contributed by atoms with E-state index in [2.05, 4.69) is 9.97 Å². The monoisotopic (exact) mass is 440 g/mol. The number of nitrogens with one attached hydrogen (secondary N) is 1. The molecule has 0 unspecified atom stereocenters. The Labute approximate surface area is 191 Å². The Morgan fingerprint density at radius 1 is 1.09 bits per heavy atom. The van der Waals surface area contributed by atoms with Gasteiger partial charge in [0.25, 0.3) is 5.69 Å². The van der Waals surface area contributed by atoms with E-state index in [0.29, 0.717) is 11.3 Å². The number of ketones is 1. The van der Waals surface area contributed by atoms with Crippen molar-refractivity contribution in [2.75, 3.05) is 18.0 Å². The minimum Gasteiger partial charge on any atom is -0.366 e. The van der Waals surface area contributed by atoms with E-state index in [9.17, 15) is 14.9 Å². The highest BCUT2D eigenvalue weighted by Crippen LogP contribution is 2.32. The van der Waals surface area contributed by atoms with Crippen LogP contribution in [0, 0.1) is 17.0 Å². The smallest absolute Gasteiger partial charge is 0.293 e. The topological polar surface area (TPSA) is 92.1 Å². The molecule has 4 aromatic rings. The predicted octanol–water partition coefficient (Wildman–Crippen LogP) is 5.47. The van der Waals surface area contributed by atoms with Crippen molar-refractivity contribution in [3.05, 3.63) is 87.5 Å². The molecule has 0 atom stereocenters. The highest BCUT2D eigenvalue weighted by molar-refractivity contribution is 5.99. The number of nitrogens with zero attached hydrogens (tertiary/aromatic N) is 3. The van der Waals surface area contributed by atoms with Crippen LogP contribution in [-0.2, 0) is 6.42 Å². The van der Waals surface area contributed by atoms with Crippen LogP contribution in [0.2, 0.25) is 0 Å². The number of hydrogen-bond acceptors (Lipinski definition) is 5. The summed E-state index contributed by atoms with van der Waals surface area (Å²) in [6.45, 7) is 3.59. The molecule has 0 spiro atoms. The number of benzene rings is 3. The fraction of sp³-hybridized carbons (Fsp3) is 0.231. The first-order valence-electron chi connectivity index (χ1n) is 11.1. The Kier molecular flexibility index (Phi) is 5.38. The number of hydrogen-bond donors (Lipinski definition) is 1. The molecule has 0 amide bonds. The van der Waals surface area contributed by atoms with Crippen molar-refractivity contribution in [1.29, 1.82) is 0 Å². The van der Waals surface area contributed by atoms with Crippen molar-refractivity contribution in [2.24, 2.45) is 0 Å². The van der Waals surface area contributed by atoms with E-state index in [1.54, 1.807) is 12.1 Å². The second-order valence-electron chi connectivity index (χ2n) is 8.45. The van der Waals surface area contributed by atoms with Crippen LogP contribution in [0.5, 0.6) is 0 Å². The number of carbonyl (C=O) groups excluding carboxylic acids is 1. The van der Waals surface area contributed by atoms with Gasteiger partial charge in [-0.15, -0.1) is 0 Å². The van der Waals surface area contributed by atoms with E-state index in [-0.39, 0.29) is 17.9 Å². The summed E-state index contributed by atoms with van der Waals surface area (Å²) >= 11 is 0. The normalized spacial score (nSPS) is 13.5. The molecule has 33 heavy (non-hydrogen) atoms. The molecule has 1 aliphatic rings. The zero-order chi connectivity index (χ0) is 22.9. The Morgan fingerprint density at radius 3 is 2.64 bits per heavy atom. The molecule has 1 aromatic heterocycles. The average molecular weight is 441 g/mol. The van der Waals surface area contributed by atoms with Crippen LogP contribution in [-0.4, -0.2) is 33.8 Å². The van der Waals surface area contributed by atoms with Gasteiger partial charge in [0.05, 0.1) is 16.0 Å². The van der Waals surface area contributed by atoms with Gasteiger partial charge in [-0.2, -0.15) is 0 Å². The third-order valence-corrected chi connectivity index (χ3v) is 6.38. The molecular formula is C26H24N4O3. The van der Waals surface area contributed by atoms with Crippen LogP contribution in [0.15, 0.2) is 60.7 Å². The lowest BCUT2D eigenvalue weighted by molar-refractivity contribution is -0.384. The molecule has 1 saturated heterocycles. The number of aromatic amines is 1. The highest BCUT2D eigenvalue weighted by atomic mass is 16.6. The van der Waals surface area contributed by atoms with Crippen LogP contribution in [0.4, 0.5) is 11.4 Å². The minimum absolute atomic E-state index is 0.00417. The lowest BCUT2D eigenvalue weighted by Crippen LogP contribution is -2.19. The molecule has 7 heteroatoms. The number of nitro benzene ring substituents is 1. The van der Waals surface area contributed by atoms with Gasteiger partial charge in [-0.3, -0.25) is 14.9 Å². The van der Waals surface area contributed by atoms with Gasteiger partial charge < -0.3 is 9.88 Å². The van der Waals surface area contributed by atoms with Gasteiger partial charge in [0.1, 0.15) is 11.5 Å². The van der Waals surface area contributed by atoms with Gasteiger partial charge in [-0.25, -0.2) is 4.98 Å². The van der Waals surface area contributed by atoms with E-state index < -0.39 is 4.92 Å². The van der Waals surface area contributed by atoms with Crippen LogP contribution >= 0.6 is 0 Å². The Balaban J connectivity index is 1.43. The van der Waals surface area contributed by atoms with E-state index in [0.717, 1.165) is 59.5 Å². The molecule has 1 N–H and O–H groups in total. The summed E-state index contributed by atoms with van der Waals surface area (Å²) in [5.41, 5.74) is 5.58. The number of rotatable bonds is 6. The Bertz CT molecular complexity index is 1340. The lowest BCUT2D eigenvalue weighted by atomic mass is 9.95. The SMILES string of the molecule is Cc1c(CC(=O)c2ccc(N3CCCC3)c([N+](=O)[O-])c2)cccc1-c1nc2ccccc2[nH]1. The van der Waals surface area contributed by atoms with E-state index in [4.69, 9.17) is 0 Å². The van der Waals surface area contributed by atoms with Gasteiger partial charge in [0.2, 0.25) is 0 Å². The molecule has 3 aromatic carbocycles. The largest absolute Gasteiger partial charge is 0.366 e. The number of para-hydroxylation sites is 2. The van der Waals surface area contributed by atoms with Crippen LogP contribution in [0.3, 0.4) is 0 Å². The Morgan fingerprint density at radius 2 is 1.88 bits per heavy atom. The fourth-order valence-electron chi connectivity index (χ4n) is 4.56. The molecule has 7 nitrogen and oxygen atoms in total. The minimum atomic E-state index is -0.391. The van der Waals surface area contributed by atoms with Crippen molar-refractivity contribution in [2.45, 2.75) is 26.2 Å². The molecule has 0 aliphatic carbocycles. The van der Waals surface area contributed by atoms with E-state index in [1.165, 1.54) is 6.07 Å². The molecule has 1 aliphatic heterocycles. The number of nitro groups is 1. The van der Waals surface area contributed by atoms with Crippen molar-refractivity contribution in [1.82, 2.24) is 9.97 Å². The van der Waals surface area contributed by atoms with Gasteiger partial charge in [0, 0.05) is 36.7 Å². The van der Waals surface area contributed by atoms with Crippen LogP contribution in [0.1, 0.15) is 34.3 Å². The number of imidazole rings is 1. The first kappa shape index (κ1) is 20.9. The van der Waals surface area contributed by atoms with E-state index >= 15 is 0 Å². The summed E-state index contributed by atoms with van der Waals surface area (Å²) in [5.74, 6) is 0.615. The van der Waals surface area contributed by atoms with Gasteiger partial charge in [-0.05, 0) is 55.2 Å². The fourth-order valence-corrected chi connectivity index (χ4v) is 4.56. The predicted molar refractivity (Wildman–Crippen MR) is 129 cm³/mol. The Hall–Kier alpha value is -4.00. The van der Waals surface area contributed by atoms with Crippen molar-refractivity contribution in [3.63, 3.8) is 0 Å². The zero-order valence-corrected chi connectivity index (χ0v) is 18.4. The van der Waals surface area contributed by atoms with Crippen molar-refractivity contribution < 1.29 is 9.72 Å². The number of H-pyrrole nitrogens is 1. The summed E-state index contributed by atoms with van der Waals surface area (Å²) < 4.78 is 0. The third-order valence-electron chi connectivity index (χ3n) is 6.38. The quantitative estimate of drug-likeness (QED) is 0.244. The van der Waals surface area contributed by atoms with Crippen molar-refractivity contribution >= 4 is 28.2 Å². The zero-order valence-electron chi connectivity index (χ0n) is 18.4. The van der Waals surface area contributed by atoms with E-state index in [1.807, 2.05) is 54.3 Å². The third kappa shape index (κ3) is 3.98. The maximum absolute atomic E-state index is 13.1. The number of carbonyl (C=O) groups is 1. The second kappa shape index (κ2) is 8.50. The van der Waals surface area contributed by atoms with Crippen LogP contribution in [0.25, 0.3) is 22.4 Å². The molecular weight excluding hydrogens is 416 g/mol. The van der Waals surface area contributed by atoms with Gasteiger partial charge >= 0.3 is 0 Å². The van der Waals surface area contributed by atoms with Crippen LogP contribution < -0.4 is 4.90 Å². The molecule has 0 bridgehead atoms. The van der Waals surface area contributed by atoms with Gasteiger partial charge in [0.15, 0.2) is 5.78 Å². The summed E-state index contributed by atoms with van der Waals surface area (Å²) in [6, 6.07) is 18.5. The number of anilines is 1. The lowest BCUT2D eigenvalue weighted by Gasteiger charge is -2.18. The summed E-state index contributed by atoms with van der Waals surface area (Å²) in [4.78, 5) is 34.5. The number of Topliss-reactive ketones (excluding diaryl/α,β-unsaturated/α-hetero) is 1. The standard InChI is InChI=1S/C26H24N4O3/c1-17-18(7-6-8-20(17)26-27-21-9-2-3-10-22(21)28-26)16-25(31)19-11-12-23(24(15-19)30(32)33)29-13-4-5-14-29/h2-3,6-12,15H,4-5,13-14,16H2,1H3,(H,27,28).